The van der Waals surface area contributed by atoms with Gasteiger partial charge in [-0.3, -0.25) is 4.90 Å². The highest BCUT2D eigenvalue weighted by molar-refractivity contribution is 7.09. The zero-order valence-electron chi connectivity index (χ0n) is 13.2. The SMILES string of the molecule is CCC1(C)CNC(C)(C2CC2)CN1Cc1csc(C)n1. The van der Waals surface area contributed by atoms with E-state index in [-0.39, 0.29) is 5.54 Å². The summed E-state index contributed by atoms with van der Waals surface area (Å²) >= 11 is 1.77. The molecule has 2 fully saturated rings. The molecule has 1 aliphatic carbocycles. The van der Waals surface area contributed by atoms with Crippen molar-refractivity contribution in [2.45, 2.75) is 64.6 Å². The van der Waals surface area contributed by atoms with Crippen molar-refractivity contribution >= 4 is 11.3 Å². The predicted molar refractivity (Wildman–Crippen MR) is 85.1 cm³/mol. The van der Waals surface area contributed by atoms with E-state index in [0.29, 0.717) is 5.54 Å². The van der Waals surface area contributed by atoms with Crippen molar-refractivity contribution in [2.75, 3.05) is 13.1 Å². The molecule has 1 aliphatic heterocycles. The molecular formula is C16H27N3S. The molecule has 3 nitrogen and oxygen atoms in total. The third-order valence-corrected chi connectivity index (χ3v) is 6.24. The first-order valence-corrected chi connectivity index (χ1v) is 8.74. The molecule has 0 amide bonds. The van der Waals surface area contributed by atoms with Crippen LogP contribution < -0.4 is 5.32 Å². The fourth-order valence-electron chi connectivity index (χ4n) is 3.41. The van der Waals surface area contributed by atoms with Gasteiger partial charge in [0.1, 0.15) is 0 Å². The fraction of sp³-hybridized carbons (Fsp3) is 0.812. The molecule has 1 saturated carbocycles. The molecule has 0 radical (unpaired) electrons. The second kappa shape index (κ2) is 5.08. The normalized spacial score (nSPS) is 35.4. The molecule has 2 aliphatic rings. The van der Waals surface area contributed by atoms with Gasteiger partial charge in [-0.2, -0.15) is 0 Å². The fourth-order valence-corrected chi connectivity index (χ4v) is 4.02. The highest BCUT2D eigenvalue weighted by Crippen LogP contribution is 2.43. The predicted octanol–water partition coefficient (Wildman–Crippen LogP) is 3.19. The van der Waals surface area contributed by atoms with E-state index in [2.05, 4.69) is 48.3 Å². The van der Waals surface area contributed by atoms with Crippen molar-refractivity contribution in [2.24, 2.45) is 5.92 Å². The van der Waals surface area contributed by atoms with Gasteiger partial charge >= 0.3 is 0 Å². The third-order valence-electron chi connectivity index (χ3n) is 5.42. The van der Waals surface area contributed by atoms with Gasteiger partial charge in [0.25, 0.3) is 0 Å². The Morgan fingerprint density at radius 1 is 1.45 bits per heavy atom. The first-order valence-electron chi connectivity index (χ1n) is 7.86. The molecule has 4 heteroatoms. The topological polar surface area (TPSA) is 28.2 Å². The Bertz CT molecular complexity index is 482. The van der Waals surface area contributed by atoms with Crippen LogP contribution in [0.15, 0.2) is 5.38 Å². The van der Waals surface area contributed by atoms with E-state index >= 15 is 0 Å². The summed E-state index contributed by atoms with van der Waals surface area (Å²) in [5, 5.41) is 7.26. The van der Waals surface area contributed by atoms with Crippen molar-refractivity contribution in [3.63, 3.8) is 0 Å². The van der Waals surface area contributed by atoms with Gasteiger partial charge in [-0.1, -0.05) is 6.92 Å². The molecule has 2 unspecified atom stereocenters. The minimum atomic E-state index is 0.256. The third kappa shape index (κ3) is 2.66. The number of aromatic nitrogens is 1. The van der Waals surface area contributed by atoms with Crippen molar-refractivity contribution in [3.05, 3.63) is 16.1 Å². The monoisotopic (exact) mass is 293 g/mol. The van der Waals surface area contributed by atoms with Crippen LogP contribution in [-0.2, 0) is 6.54 Å². The Hall–Kier alpha value is -0.450. The van der Waals surface area contributed by atoms with Crippen LogP contribution in [0.3, 0.4) is 0 Å². The number of nitrogens with one attached hydrogen (secondary N) is 1. The average Bonchev–Trinajstić information content (AvgIpc) is 3.20. The molecule has 0 bridgehead atoms. The maximum absolute atomic E-state index is 4.67. The van der Waals surface area contributed by atoms with Gasteiger partial charge < -0.3 is 5.32 Å². The average molecular weight is 293 g/mol. The van der Waals surface area contributed by atoms with E-state index < -0.39 is 0 Å². The van der Waals surface area contributed by atoms with Gasteiger partial charge in [-0.15, -0.1) is 11.3 Å². The van der Waals surface area contributed by atoms with Crippen LogP contribution in [0.4, 0.5) is 0 Å². The molecule has 3 rings (SSSR count). The highest BCUT2D eigenvalue weighted by Gasteiger charge is 2.48. The van der Waals surface area contributed by atoms with Crippen LogP contribution >= 0.6 is 11.3 Å². The number of piperazine rings is 1. The van der Waals surface area contributed by atoms with E-state index in [1.807, 2.05) is 0 Å². The van der Waals surface area contributed by atoms with Crippen LogP contribution in [0.5, 0.6) is 0 Å². The van der Waals surface area contributed by atoms with Crippen molar-refractivity contribution < 1.29 is 0 Å². The number of nitrogens with zero attached hydrogens (tertiary/aromatic N) is 2. The summed E-state index contributed by atoms with van der Waals surface area (Å²) in [6.45, 7) is 12.5. The molecule has 1 aromatic heterocycles. The molecule has 112 valence electrons. The second-order valence-electron chi connectivity index (χ2n) is 7.11. The molecule has 0 aromatic carbocycles. The number of rotatable bonds is 4. The van der Waals surface area contributed by atoms with E-state index in [1.165, 1.54) is 30.0 Å². The second-order valence-corrected chi connectivity index (χ2v) is 8.17. The van der Waals surface area contributed by atoms with Gasteiger partial charge in [0.05, 0.1) is 10.7 Å². The smallest absolute Gasteiger partial charge is 0.0897 e. The molecular weight excluding hydrogens is 266 g/mol. The van der Waals surface area contributed by atoms with Crippen molar-refractivity contribution in [1.82, 2.24) is 15.2 Å². The van der Waals surface area contributed by atoms with Crippen LogP contribution in [0.25, 0.3) is 0 Å². The molecule has 0 spiro atoms. The van der Waals surface area contributed by atoms with Gasteiger partial charge in [-0.05, 0) is 46.0 Å². The zero-order valence-corrected chi connectivity index (χ0v) is 14.0. The van der Waals surface area contributed by atoms with Crippen LogP contribution in [0.2, 0.25) is 0 Å². The quantitative estimate of drug-likeness (QED) is 0.924. The Morgan fingerprint density at radius 2 is 2.20 bits per heavy atom. The van der Waals surface area contributed by atoms with E-state index in [9.17, 15) is 0 Å². The summed E-state index contributed by atoms with van der Waals surface area (Å²) in [6.07, 6.45) is 3.98. The Kier molecular flexibility index (Phi) is 3.68. The number of thiazole rings is 1. The van der Waals surface area contributed by atoms with Gasteiger partial charge in [-0.25, -0.2) is 4.98 Å². The Labute approximate surface area is 126 Å². The number of hydrogen-bond acceptors (Lipinski definition) is 4. The first kappa shape index (κ1) is 14.5. The maximum Gasteiger partial charge on any atom is 0.0897 e. The van der Waals surface area contributed by atoms with E-state index in [0.717, 1.165) is 25.6 Å². The lowest BCUT2D eigenvalue weighted by molar-refractivity contribution is 0.00350. The van der Waals surface area contributed by atoms with Crippen LogP contribution in [-0.4, -0.2) is 34.1 Å². The van der Waals surface area contributed by atoms with Crippen molar-refractivity contribution in [3.8, 4) is 0 Å². The highest BCUT2D eigenvalue weighted by atomic mass is 32.1. The summed E-state index contributed by atoms with van der Waals surface area (Å²) < 4.78 is 0. The Morgan fingerprint density at radius 3 is 2.75 bits per heavy atom. The lowest BCUT2D eigenvalue weighted by Gasteiger charge is -2.52. The van der Waals surface area contributed by atoms with Gasteiger partial charge in [0.2, 0.25) is 0 Å². The van der Waals surface area contributed by atoms with E-state index in [4.69, 9.17) is 0 Å². The zero-order chi connectivity index (χ0) is 14.4. The molecule has 1 aromatic rings. The lowest BCUT2D eigenvalue weighted by Crippen LogP contribution is -2.68. The number of aryl methyl sites for hydroxylation is 1. The molecule has 2 atom stereocenters. The van der Waals surface area contributed by atoms with Crippen molar-refractivity contribution in [1.29, 1.82) is 0 Å². The first-order chi connectivity index (χ1) is 9.45. The van der Waals surface area contributed by atoms with Crippen LogP contribution in [0, 0.1) is 12.8 Å². The minimum absolute atomic E-state index is 0.256. The molecule has 1 N–H and O–H groups in total. The molecule has 20 heavy (non-hydrogen) atoms. The maximum atomic E-state index is 4.67. The van der Waals surface area contributed by atoms with E-state index in [1.54, 1.807) is 11.3 Å². The molecule has 1 saturated heterocycles. The lowest BCUT2D eigenvalue weighted by atomic mass is 9.84. The van der Waals surface area contributed by atoms with Gasteiger partial charge in [0, 0.05) is 36.1 Å². The summed E-state index contributed by atoms with van der Waals surface area (Å²) in [4.78, 5) is 7.35. The summed E-state index contributed by atoms with van der Waals surface area (Å²) in [7, 11) is 0. The number of hydrogen-bond donors (Lipinski definition) is 1. The summed E-state index contributed by atoms with van der Waals surface area (Å²) in [5.41, 5.74) is 1.80. The summed E-state index contributed by atoms with van der Waals surface area (Å²) in [6, 6.07) is 0. The van der Waals surface area contributed by atoms with Gasteiger partial charge in [0.15, 0.2) is 0 Å². The van der Waals surface area contributed by atoms with Crippen LogP contribution in [0.1, 0.15) is 50.7 Å². The summed E-state index contributed by atoms with van der Waals surface area (Å²) in [5.74, 6) is 0.878. The molecule has 2 heterocycles. The standard InChI is InChI=1S/C16H27N3S/c1-5-15(3)10-17-16(4,13-6-7-13)11-19(15)8-14-9-20-12(2)18-14/h9,13,17H,5-8,10-11H2,1-4H3. The Balaban J connectivity index is 1.78. The largest absolute Gasteiger partial charge is 0.308 e. The minimum Gasteiger partial charge on any atom is -0.308 e.